The summed E-state index contributed by atoms with van der Waals surface area (Å²) in [5.74, 6) is 0.0361. The predicted molar refractivity (Wildman–Crippen MR) is 120 cm³/mol. The van der Waals surface area contributed by atoms with E-state index < -0.39 is 0 Å². The van der Waals surface area contributed by atoms with Gasteiger partial charge in [0.05, 0.1) is 17.0 Å². The average molecular weight is 435 g/mol. The minimum atomic E-state index is -0.178. The van der Waals surface area contributed by atoms with E-state index >= 15 is 0 Å². The van der Waals surface area contributed by atoms with Crippen LogP contribution < -0.4 is 5.32 Å². The Morgan fingerprint density at radius 3 is 2.67 bits per heavy atom. The van der Waals surface area contributed by atoms with Gasteiger partial charge in [-0.3, -0.25) is 4.79 Å². The summed E-state index contributed by atoms with van der Waals surface area (Å²) in [5, 5.41) is 12.8. The van der Waals surface area contributed by atoms with Crippen molar-refractivity contribution in [2.45, 2.75) is 35.7 Å². The number of amides is 1. The topological polar surface area (TPSA) is 69.0 Å². The number of carbonyl (C=O) groups excluding carboxylic acids is 1. The molecule has 1 fully saturated rings. The van der Waals surface area contributed by atoms with Gasteiger partial charge in [0.25, 0.3) is 5.91 Å². The number of nitrogens with zero attached hydrogens (tertiary/aromatic N) is 3. The lowest BCUT2D eigenvalue weighted by Gasteiger charge is -2.21. The molecule has 30 heavy (non-hydrogen) atoms. The Morgan fingerprint density at radius 1 is 1.20 bits per heavy atom. The van der Waals surface area contributed by atoms with Crippen molar-refractivity contribution in [2.75, 3.05) is 6.54 Å². The summed E-state index contributed by atoms with van der Waals surface area (Å²) < 4.78 is 0. The van der Waals surface area contributed by atoms with Crippen molar-refractivity contribution in [3.05, 3.63) is 65.8 Å². The number of likely N-dealkylation sites (tertiary alicyclic amines) is 1. The Labute approximate surface area is 184 Å². The van der Waals surface area contributed by atoms with Crippen molar-refractivity contribution >= 4 is 29.0 Å². The lowest BCUT2D eigenvalue weighted by atomic mass is 10.0. The van der Waals surface area contributed by atoms with Crippen LogP contribution in [0.3, 0.4) is 0 Å². The lowest BCUT2D eigenvalue weighted by molar-refractivity contribution is 0.0923. The maximum absolute atomic E-state index is 12.8. The second-order valence-corrected chi connectivity index (χ2v) is 9.56. The van der Waals surface area contributed by atoms with Crippen LogP contribution in [0.5, 0.6) is 0 Å². The predicted octanol–water partition coefficient (Wildman–Crippen LogP) is 4.88. The maximum Gasteiger partial charge on any atom is 0.280 e. The third-order valence-electron chi connectivity index (χ3n) is 5.36. The molecule has 0 bridgehead atoms. The highest BCUT2D eigenvalue weighted by molar-refractivity contribution is 7.99. The van der Waals surface area contributed by atoms with Gasteiger partial charge in [-0.05, 0) is 31.0 Å². The summed E-state index contributed by atoms with van der Waals surface area (Å²) in [5.41, 5.74) is 1.07. The summed E-state index contributed by atoms with van der Waals surface area (Å²) in [6.07, 6.45) is 3.98. The normalized spacial score (nSPS) is 20.7. The molecule has 0 saturated carbocycles. The largest absolute Gasteiger partial charge is 0.345 e. The molecule has 1 amide bonds. The molecular weight excluding hydrogens is 412 g/mol. The highest BCUT2D eigenvalue weighted by Crippen LogP contribution is 2.38. The van der Waals surface area contributed by atoms with Gasteiger partial charge in [-0.2, -0.15) is 5.26 Å². The zero-order valence-corrected chi connectivity index (χ0v) is 18.4. The lowest BCUT2D eigenvalue weighted by Crippen LogP contribution is -2.44. The van der Waals surface area contributed by atoms with Crippen LogP contribution in [-0.4, -0.2) is 34.4 Å². The van der Waals surface area contributed by atoms with Gasteiger partial charge in [0.15, 0.2) is 11.2 Å². The van der Waals surface area contributed by atoms with E-state index in [-0.39, 0.29) is 23.9 Å². The molecular formula is C23H22N4OS2. The molecule has 1 N–H and O–H groups in total. The molecule has 5 nitrogen and oxygen atoms in total. The van der Waals surface area contributed by atoms with Crippen molar-refractivity contribution in [1.82, 2.24) is 15.2 Å². The van der Waals surface area contributed by atoms with Crippen LogP contribution in [0.1, 0.15) is 23.6 Å². The Morgan fingerprint density at radius 2 is 1.93 bits per heavy atom. The number of thiazole rings is 1. The second-order valence-electron chi connectivity index (χ2n) is 7.41. The number of hydrogen-bond acceptors (Lipinski definition) is 6. The number of nitriles is 1. The summed E-state index contributed by atoms with van der Waals surface area (Å²) in [7, 11) is 0. The third-order valence-corrected chi connectivity index (χ3v) is 7.47. The molecule has 3 atom stereocenters. The SMILES string of the molecule is CC1CN(C#N)C(C)[C@@H]1NC(=O)c1ncc(-c2ccccc2Sc2ccccc2)s1. The van der Waals surface area contributed by atoms with E-state index in [1.807, 2.05) is 37.3 Å². The second kappa shape index (κ2) is 8.90. The summed E-state index contributed by atoms with van der Waals surface area (Å²) in [6.45, 7) is 4.70. The Bertz CT molecular complexity index is 1080. The molecule has 2 unspecified atom stereocenters. The van der Waals surface area contributed by atoms with E-state index in [2.05, 4.69) is 47.7 Å². The number of aromatic nitrogens is 1. The van der Waals surface area contributed by atoms with Crippen molar-refractivity contribution in [3.63, 3.8) is 0 Å². The van der Waals surface area contributed by atoms with E-state index in [9.17, 15) is 10.1 Å². The van der Waals surface area contributed by atoms with Crippen LogP contribution >= 0.6 is 23.1 Å². The number of carbonyl (C=O) groups is 1. The molecule has 1 saturated heterocycles. The van der Waals surface area contributed by atoms with Gasteiger partial charge in [0.1, 0.15) is 0 Å². The minimum Gasteiger partial charge on any atom is -0.345 e. The standard InChI is InChI=1S/C23H22N4OS2/c1-15-13-27(14-24)16(2)21(15)26-22(28)23-25-12-20(30-23)18-10-6-7-11-19(18)29-17-8-4-3-5-9-17/h3-12,15-16,21H,13H2,1-2H3,(H,26,28)/t15?,16?,21-/m1/s1. The molecule has 2 aromatic carbocycles. The molecule has 7 heteroatoms. The van der Waals surface area contributed by atoms with Crippen LogP contribution in [0, 0.1) is 17.4 Å². The summed E-state index contributed by atoms with van der Waals surface area (Å²) in [6, 6.07) is 18.3. The zero-order chi connectivity index (χ0) is 21.1. The molecule has 0 spiro atoms. The van der Waals surface area contributed by atoms with Crippen LogP contribution in [0.2, 0.25) is 0 Å². The molecule has 4 rings (SSSR count). The summed E-state index contributed by atoms with van der Waals surface area (Å²) >= 11 is 3.09. The van der Waals surface area contributed by atoms with Gasteiger partial charge in [-0.1, -0.05) is 55.1 Å². The molecule has 2 heterocycles. The minimum absolute atomic E-state index is 0.0172. The Kier molecular flexibility index (Phi) is 6.07. The van der Waals surface area contributed by atoms with Crippen LogP contribution in [0.25, 0.3) is 10.4 Å². The fourth-order valence-corrected chi connectivity index (χ4v) is 5.65. The fraction of sp³-hybridized carbons (Fsp3) is 0.261. The number of hydrogen-bond donors (Lipinski definition) is 1. The zero-order valence-electron chi connectivity index (χ0n) is 16.8. The Hall–Kier alpha value is -2.82. The molecule has 3 aromatic rings. The quantitative estimate of drug-likeness (QED) is 0.580. The van der Waals surface area contributed by atoms with Crippen LogP contribution in [0.4, 0.5) is 0 Å². The van der Waals surface area contributed by atoms with E-state index in [0.717, 1.165) is 15.3 Å². The first kappa shape index (κ1) is 20.5. The van der Waals surface area contributed by atoms with E-state index in [1.165, 1.54) is 16.2 Å². The van der Waals surface area contributed by atoms with Gasteiger partial charge in [0.2, 0.25) is 0 Å². The fourth-order valence-electron chi connectivity index (χ4n) is 3.75. The van der Waals surface area contributed by atoms with Gasteiger partial charge in [-0.25, -0.2) is 4.98 Å². The van der Waals surface area contributed by atoms with Crippen LogP contribution in [0.15, 0.2) is 70.6 Å². The van der Waals surface area contributed by atoms with Gasteiger partial charge >= 0.3 is 0 Å². The van der Waals surface area contributed by atoms with E-state index in [4.69, 9.17) is 0 Å². The van der Waals surface area contributed by atoms with Gasteiger partial charge in [0, 0.05) is 28.1 Å². The highest BCUT2D eigenvalue weighted by Gasteiger charge is 2.37. The number of rotatable bonds is 5. The number of benzene rings is 2. The number of nitrogens with one attached hydrogen (secondary N) is 1. The average Bonchev–Trinajstić information content (AvgIpc) is 3.35. The van der Waals surface area contributed by atoms with Crippen molar-refractivity contribution in [2.24, 2.45) is 5.92 Å². The smallest absolute Gasteiger partial charge is 0.280 e. The van der Waals surface area contributed by atoms with Crippen LogP contribution in [-0.2, 0) is 0 Å². The molecule has 1 aliphatic heterocycles. The van der Waals surface area contributed by atoms with Gasteiger partial charge < -0.3 is 10.2 Å². The first-order valence-corrected chi connectivity index (χ1v) is 11.5. The maximum atomic E-state index is 12.8. The van der Waals surface area contributed by atoms with Crippen molar-refractivity contribution < 1.29 is 4.79 Å². The van der Waals surface area contributed by atoms with E-state index in [1.54, 1.807) is 22.9 Å². The van der Waals surface area contributed by atoms with Gasteiger partial charge in [-0.15, -0.1) is 11.3 Å². The monoisotopic (exact) mass is 434 g/mol. The summed E-state index contributed by atoms with van der Waals surface area (Å²) in [4.78, 5) is 22.2. The molecule has 0 aliphatic carbocycles. The Balaban J connectivity index is 1.52. The first-order chi connectivity index (χ1) is 14.6. The van der Waals surface area contributed by atoms with Crippen molar-refractivity contribution in [1.29, 1.82) is 5.26 Å². The highest BCUT2D eigenvalue weighted by atomic mass is 32.2. The molecule has 1 aromatic heterocycles. The molecule has 1 aliphatic rings. The van der Waals surface area contributed by atoms with Crippen molar-refractivity contribution in [3.8, 4) is 16.6 Å². The first-order valence-electron chi connectivity index (χ1n) is 9.82. The molecule has 0 radical (unpaired) electrons. The molecule has 152 valence electrons. The van der Waals surface area contributed by atoms with E-state index in [0.29, 0.717) is 11.6 Å². The third kappa shape index (κ3) is 4.20.